The highest BCUT2D eigenvalue weighted by Gasteiger charge is 2.30. The molecule has 0 aliphatic carbocycles. The van der Waals surface area contributed by atoms with Crippen molar-refractivity contribution in [2.24, 2.45) is 10.7 Å². The third-order valence-electron chi connectivity index (χ3n) is 3.36. The SMILES string of the molecule is CCOCc1ccccc1CN=C(N)Nc1ccc(OC(F)(F)F)cc1.I. The smallest absolute Gasteiger partial charge is 0.406 e. The minimum Gasteiger partial charge on any atom is -0.406 e. The van der Waals surface area contributed by atoms with Crippen LogP contribution in [0.2, 0.25) is 0 Å². The molecule has 0 aliphatic heterocycles. The van der Waals surface area contributed by atoms with E-state index in [1.807, 2.05) is 31.2 Å². The first-order valence-electron chi connectivity index (χ1n) is 7.94. The van der Waals surface area contributed by atoms with Gasteiger partial charge in [0.1, 0.15) is 5.75 Å². The maximum Gasteiger partial charge on any atom is 0.573 e. The molecular formula is C18H21F3IN3O2. The molecule has 0 fully saturated rings. The summed E-state index contributed by atoms with van der Waals surface area (Å²) in [4.78, 5) is 4.26. The molecule has 0 spiro atoms. The number of hydrogen-bond donors (Lipinski definition) is 2. The quantitative estimate of drug-likeness (QED) is 0.333. The molecule has 0 heterocycles. The van der Waals surface area contributed by atoms with Crippen molar-refractivity contribution < 1.29 is 22.6 Å². The van der Waals surface area contributed by atoms with Crippen molar-refractivity contribution >= 4 is 35.6 Å². The van der Waals surface area contributed by atoms with Crippen LogP contribution in [-0.2, 0) is 17.9 Å². The Balaban J connectivity index is 0.00000364. The van der Waals surface area contributed by atoms with Crippen LogP contribution in [0.4, 0.5) is 18.9 Å². The maximum atomic E-state index is 12.1. The van der Waals surface area contributed by atoms with Gasteiger partial charge in [0.2, 0.25) is 0 Å². The van der Waals surface area contributed by atoms with Crippen LogP contribution in [0.25, 0.3) is 0 Å². The number of ether oxygens (including phenoxy) is 2. The zero-order valence-electron chi connectivity index (χ0n) is 14.6. The Labute approximate surface area is 172 Å². The van der Waals surface area contributed by atoms with Crippen molar-refractivity contribution in [2.45, 2.75) is 26.4 Å². The predicted octanol–water partition coefficient (Wildman–Crippen LogP) is 4.67. The van der Waals surface area contributed by atoms with Crippen molar-refractivity contribution in [1.82, 2.24) is 0 Å². The number of aliphatic imine (C=N–C) groups is 1. The summed E-state index contributed by atoms with van der Waals surface area (Å²) in [6.45, 7) is 3.40. The highest BCUT2D eigenvalue weighted by atomic mass is 127. The Morgan fingerprint density at radius 2 is 1.70 bits per heavy atom. The molecule has 9 heteroatoms. The van der Waals surface area contributed by atoms with E-state index in [4.69, 9.17) is 10.5 Å². The minimum atomic E-state index is -4.72. The van der Waals surface area contributed by atoms with Crippen LogP contribution in [-0.4, -0.2) is 18.9 Å². The average Bonchev–Trinajstić information content (AvgIpc) is 2.59. The normalized spacial score (nSPS) is 11.6. The molecule has 2 rings (SSSR count). The lowest BCUT2D eigenvalue weighted by molar-refractivity contribution is -0.274. The third kappa shape index (κ3) is 8.48. The lowest BCUT2D eigenvalue weighted by Gasteiger charge is -2.11. The zero-order chi connectivity index (χ0) is 19.0. The van der Waals surface area contributed by atoms with Gasteiger partial charge < -0.3 is 20.5 Å². The fraction of sp³-hybridized carbons (Fsp3) is 0.278. The lowest BCUT2D eigenvalue weighted by Crippen LogP contribution is -2.22. The van der Waals surface area contributed by atoms with Crippen molar-refractivity contribution in [1.29, 1.82) is 0 Å². The van der Waals surface area contributed by atoms with Gasteiger partial charge >= 0.3 is 6.36 Å². The zero-order valence-corrected chi connectivity index (χ0v) is 17.0. The molecule has 0 amide bonds. The van der Waals surface area contributed by atoms with Crippen LogP contribution >= 0.6 is 24.0 Å². The topological polar surface area (TPSA) is 68.9 Å². The van der Waals surface area contributed by atoms with Gasteiger partial charge in [0.15, 0.2) is 5.96 Å². The Bertz CT molecular complexity index is 737. The average molecular weight is 495 g/mol. The van der Waals surface area contributed by atoms with Crippen LogP contribution in [0.15, 0.2) is 53.5 Å². The van der Waals surface area contributed by atoms with E-state index in [-0.39, 0.29) is 35.7 Å². The Morgan fingerprint density at radius 3 is 2.30 bits per heavy atom. The Kier molecular flexibility index (Phi) is 9.36. The van der Waals surface area contributed by atoms with Crippen molar-refractivity contribution in [3.05, 3.63) is 59.7 Å². The highest BCUT2D eigenvalue weighted by molar-refractivity contribution is 14.0. The van der Waals surface area contributed by atoms with Crippen molar-refractivity contribution in [3.8, 4) is 5.75 Å². The minimum absolute atomic E-state index is 0. The molecule has 0 unspecified atom stereocenters. The first-order valence-corrected chi connectivity index (χ1v) is 7.94. The maximum absolute atomic E-state index is 12.1. The van der Waals surface area contributed by atoms with Crippen LogP contribution in [0, 0.1) is 0 Å². The fourth-order valence-electron chi connectivity index (χ4n) is 2.16. The molecule has 2 aromatic rings. The van der Waals surface area contributed by atoms with Gasteiger partial charge in [-0.3, -0.25) is 0 Å². The number of nitrogens with one attached hydrogen (secondary N) is 1. The second-order valence-electron chi connectivity index (χ2n) is 5.30. The summed E-state index contributed by atoms with van der Waals surface area (Å²) in [5.74, 6) is -0.149. The van der Waals surface area contributed by atoms with Crippen LogP contribution < -0.4 is 15.8 Å². The summed E-state index contributed by atoms with van der Waals surface area (Å²) in [5.41, 5.74) is 8.36. The van der Waals surface area contributed by atoms with Crippen LogP contribution in [0.3, 0.4) is 0 Å². The van der Waals surface area contributed by atoms with E-state index in [2.05, 4.69) is 15.0 Å². The molecule has 2 aromatic carbocycles. The number of alkyl halides is 3. The summed E-state index contributed by atoms with van der Waals surface area (Å²) in [5, 5.41) is 2.82. The molecule has 0 saturated carbocycles. The lowest BCUT2D eigenvalue weighted by atomic mass is 10.1. The van der Waals surface area contributed by atoms with E-state index in [1.54, 1.807) is 0 Å². The van der Waals surface area contributed by atoms with E-state index >= 15 is 0 Å². The number of rotatable bonds is 7. The first kappa shape index (κ1) is 23.0. The van der Waals surface area contributed by atoms with Gasteiger partial charge in [-0.15, -0.1) is 37.1 Å². The number of halogens is 4. The first-order chi connectivity index (χ1) is 12.4. The molecule has 0 aliphatic rings. The summed E-state index contributed by atoms with van der Waals surface area (Å²) < 4.78 is 45.6. The number of guanidine groups is 1. The third-order valence-corrected chi connectivity index (χ3v) is 3.36. The van der Waals surface area contributed by atoms with Gasteiger partial charge in [0.05, 0.1) is 13.2 Å². The molecule has 0 radical (unpaired) electrons. The van der Waals surface area contributed by atoms with Crippen molar-refractivity contribution in [3.63, 3.8) is 0 Å². The van der Waals surface area contributed by atoms with E-state index in [9.17, 15) is 13.2 Å². The fourth-order valence-corrected chi connectivity index (χ4v) is 2.16. The van der Waals surface area contributed by atoms with Crippen LogP contribution in [0.1, 0.15) is 18.1 Å². The number of hydrogen-bond acceptors (Lipinski definition) is 3. The number of benzene rings is 2. The molecule has 27 heavy (non-hydrogen) atoms. The standard InChI is InChI=1S/C18H20F3N3O2.HI/c1-2-25-12-14-6-4-3-5-13(14)11-23-17(22)24-15-7-9-16(10-8-15)26-18(19,20)21;/h3-10H,2,11-12H2,1H3,(H3,22,23,24);1H. The second-order valence-corrected chi connectivity index (χ2v) is 5.30. The summed E-state index contributed by atoms with van der Waals surface area (Å²) in [6, 6.07) is 13.0. The van der Waals surface area contributed by atoms with Crippen LogP contribution in [0.5, 0.6) is 5.75 Å². The molecule has 5 nitrogen and oxygen atoms in total. The number of nitrogens with two attached hydrogens (primary N) is 1. The second kappa shape index (κ2) is 11.0. The van der Waals surface area contributed by atoms with Gasteiger partial charge in [-0.2, -0.15) is 0 Å². The number of nitrogens with zero attached hydrogens (tertiary/aromatic N) is 1. The largest absolute Gasteiger partial charge is 0.573 e. The summed E-state index contributed by atoms with van der Waals surface area (Å²) in [7, 11) is 0. The van der Waals surface area contributed by atoms with Gasteiger partial charge in [0.25, 0.3) is 0 Å². The molecule has 3 N–H and O–H groups in total. The monoisotopic (exact) mass is 495 g/mol. The van der Waals surface area contributed by atoms with Crippen molar-refractivity contribution in [2.75, 3.05) is 11.9 Å². The number of anilines is 1. The highest BCUT2D eigenvalue weighted by Crippen LogP contribution is 2.23. The Morgan fingerprint density at radius 1 is 1.07 bits per heavy atom. The van der Waals surface area contributed by atoms with Gasteiger partial charge in [-0.1, -0.05) is 24.3 Å². The molecule has 0 bridgehead atoms. The molecule has 0 aromatic heterocycles. The molecule has 0 atom stereocenters. The van der Waals surface area contributed by atoms with E-state index in [0.29, 0.717) is 25.4 Å². The van der Waals surface area contributed by atoms with Gasteiger partial charge in [-0.05, 0) is 42.3 Å². The summed E-state index contributed by atoms with van der Waals surface area (Å²) in [6.07, 6.45) is -4.72. The van der Waals surface area contributed by atoms with E-state index in [0.717, 1.165) is 11.1 Å². The molecule has 148 valence electrons. The van der Waals surface area contributed by atoms with Gasteiger partial charge in [-0.25, -0.2) is 4.99 Å². The molecular weight excluding hydrogens is 474 g/mol. The molecule has 0 saturated heterocycles. The predicted molar refractivity (Wildman–Crippen MR) is 109 cm³/mol. The summed E-state index contributed by atoms with van der Waals surface area (Å²) >= 11 is 0. The Hall–Kier alpha value is -2.01. The van der Waals surface area contributed by atoms with E-state index < -0.39 is 6.36 Å². The van der Waals surface area contributed by atoms with Gasteiger partial charge in [0, 0.05) is 12.3 Å². The van der Waals surface area contributed by atoms with E-state index in [1.165, 1.54) is 24.3 Å².